The maximum Gasteiger partial charge on any atom is 0.256 e. The van der Waals surface area contributed by atoms with Crippen molar-refractivity contribution >= 4 is 22.6 Å². The van der Waals surface area contributed by atoms with Gasteiger partial charge in [0.15, 0.2) is 0 Å². The second-order valence-electron chi connectivity index (χ2n) is 8.66. The third-order valence-electron chi connectivity index (χ3n) is 6.10. The molecule has 0 spiro atoms. The molecule has 0 bridgehead atoms. The van der Waals surface area contributed by atoms with Crippen molar-refractivity contribution in [2.45, 2.75) is 76.7 Å². The molecule has 1 heterocycles. The van der Waals surface area contributed by atoms with Crippen molar-refractivity contribution in [1.29, 1.82) is 0 Å². The van der Waals surface area contributed by atoms with Crippen LogP contribution in [0.1, 0.15) is 62.7 Å². The number of amides is 1. The molecule has 0 saturated heterocycles. The smallest absolute Gasteiger partial charge is 0.256 e. The van der Waals surface area contributed by atoms with Gasteiger partial charge in [-0.25, -0.2) is 9.37 Å². The fraction of sp³-hybridized carbons (Fsp3) is 0.583. The molecule has 3 rings (SSSR count). The molecule has 1 aliphatic rings. The van der Waals surface area contributed by atoms with Gasteiger partial charge in [-0.05, 0) is 44.4 Å². The molecule has 8 heteroatoms. The van der Waals surface area contributed by atoms with E-state index in [1.54, 1.807) is 26.2 Å². The Bertz CT molecular complexity index is 901. The van der Waals surface area contributed by atoms with Gasteiger partial charge >= 0.3 is 0 Å². The molecule has 1 aromatic carbocycles. The first-order chi connectivity index (χ1) is 15.4. The van der Waals surface area contributed by atoms with E-state index in [0.717, 1.165) is 6.42 Å². The number of nitrogens with zero attached hydrogens (tertiary/aromatic N) is 1. The van der Waals surface area contributed by atoms with Crippen LogP contribution in [0.25, 0.3) is 10.9 Å². The summed E-state index contributed by atoms with van der Waals surface area (Å²) in [4.78, 5) is 17.3. The van der Waals surface area contributed by atoms with Crippen molar-refractivity contribution < 1.29 is 13.9 Å². The van der Waals surface area contributed by atoms with E-state index >= 15 is 0 Å². The molecular weight excluding hydrogens is 409 g/mol. The van der Waals surface area contributed by atoms with Crippen LogP contribution in [0.3, 0.4) is 0 Å². The summed E-state index contributed by atoms with van der Waals surface area (Å²) in [5, 5.41) is 10.4. The second kappa shape index (κ2) is 11.5. The molecule has 0 aliphatic heterocycles. The third kappa shape index (κ3) is 6.37. The van der Waals surface area contributed by atoms with Gasteiger partial charge in [0.05, 0.1) is 23.3 Å². The minimum Gasteiger partial charge on any atom is -0.378 e. The average Bonchev–Trinajstić information content (AvgIpc) is 2.78. The van der Waals surface area contributed by atoms with Gasteiger partial charge in [-0.3, -0.25) is 4.79 Å². The minimum atomic E-state index is -0.504. The zero-order valence-corrected chi connectivity index (χ0v) is 19.3. The zero-order chi connectivity index (χ0) is 23.1. The van der Waals surface area contributed by atoms with Crippen molar-refractivity contribution in [3.8, 4) is 0 Å². The summed E-state index contributed by atoms with van der Waals surface area (Å²) in [6.07, 6.45) is 6.53. The Hall–Kier alpha value is -2.29. The molecule has 1 amide bonds. The lowest BCUT2D eigenvalue weighted by atomic mass is 9.94. The summed E-state index contributed by atoms with van der Waals surface area (Å²) in [6.45, 7) is 4.30. The van der Waals surface area contributed by atoms with Crippen LogP contribution in [0.15, 0.2) is 24.3 Å². The fourth-order valence-corrected chi connectivity index (χ4v) is 4.38. The Balaban J connectivity index is 1.80. The standard InChI is InChI=1S/C24H36FN5O2/c1-4-20(29-18-8-6-5-7-9-18)22(32-3)14-27-23-19(24(31)28-15(2)26)12-16-10-11-17(25)13-21(16)30-23/h10-13,15,18,20,22,29H,4-9,14,26H2,1-3H3,(H,27,30)(H,28,31)/t15?,20-,22+/m1/s1. The van der Waals surface area contributed by atoms with Gasteiger partial charge in [-0.2, -0.15) is 0 Å². The molecule has 1 fully saturated rings. The van der Waals surface area contributed by atoms with Crippen LogP contribution in [-0.2, 0) is 4.74 Å². The number of fused-ring (bicyclic) bond motifs is 1. The first kappa shape index (κ1) is 24.4. The van der Waals surface area contributed by atoms with Crippen LogP contribution in [0, 0.1) is 5.82 Å². The summed E-state index contributed by atoms with van der Waals surface area (Å²) in [6, 6.07) is 6.73. The molecular formula is C24H36FN5O2. The van der Waals surface area contributed by atoms with E-state index in [2.05, 4.69) is 27.9 Å². The lowest BCUT2D eigenvalue weighted by Gasteiger charge is -2.32. The maximum atomic E-state index is 13.8. The number of anilines is 1. The molecule has 1 saturated carbocycles. The lowest BCUT2D eigenvalue weighted by molar-refractivity contribution is 0.0698. The van der Waals surface area contributed by atoms with E-state index in [9.17, 15) is 9.18 Å². The van der Waals surface area contributed by atoms with Gasteiger partial charge in [0.1, 0.15) is 11.6 Å². The molecule has 3 atom stereocenters. The summed E-state index contributed by atoms with van der Waals surface area (Å²) in [5.41, 5.74) is 6.60. The zero-order valence-electron chi connectivity index (χ0n) is 19.3. The van der Waals surface area contributed by atoms with Crippen LogP contribution >= 0.6 is 0 Å². The highest BCUT2D eigenvalue weighted by molar-refractivity contribution is 6.02. The van der Waals surface area contributed by atoms with Crippen LogP contribution in [-0.4, -0.2) is 48.9 Å². The highest BCUT2D eigenvalue weighted by Crippen LogP contribution is 2.23. The van der Waals surface area contributed by atoms with Gasteiger partial charge < -0.3 is 26.4 Å². The predicted octanol–water partition coefficient (Wildman–Crippen LogP) is 3.54. The Kier molecular flexibility index (Phi) is 8.78. The molecule has 1 aliphatic carbocycles. The molecule has 7 nitrogen and oxygen atoms in total. The monoisotopic (exact) mass is 445 g/mol. The number of aromatic nitrogens is 1. The van der Waals surface area contributed by atoms with Gasteiger partial charge in [0.25, 0.3) is 5.91 Å². The Morgan fingerprint density at radius 3 is 2.69 bits per heavy atom. The number of hydrogen-bond acceptors (Lipinski definition) is 6. The molecule has 176 valence electrons. The van der Waals surface area contributed by atoms with Gasteiger partial charge in [-0.1, -0.05) is 26.2 Å². The average molecular weight is 446 g/mol. The molecule has 1 unspecified atom stereocenters. The topological polar surface area (TPSA) is 101 Å². The van der Waals surface area contributed by atoms with E-state index in [0.29, 0.717) is 34.9 Å². The number of hydrogen-bond donors (Lipinski definition) is 4. The maximum absolute atomic E-state index is 13.8. The Morgan fingerprint density at radius 1 is 1.28 bits per heavy atom. The van der Waals surface area contributed by atoms with Crippen molar-refractivity contribution in [3.05, 3.63) is 35.6 Å². The molecule has 1 aromatic heterocycles. The number of nitrogens with one attached hydrogen (secondary N) is 3. The predicted molar refractivity (Wildman–Crippen MR) is 126 cm³/mol. The highest BCUT2D eigenvalue weighted by atomic mass is 19.1. The summed E-state index contributed by atoms with van der Waals surface area (Å²) >= 11 is 0. The number of rotatable bonds is 10. The number of halogens is 1. The van der Waals surface area contributed by atoms with Crippen LogP contribution in [0.4, 0.5) is 10.2 Å². The lowest BCUT2D eigenvalue weighted by Crippen LogP contribution is -2.49. The fourth-order valence-electron chi connectivity index (χ4n) is 4.38. The summed E-state index contributed by atoms with van der Waals surface area (Å²) in [5.74, 6) is -0.320. The van der Waals surface area contributed by atoms with E-state index in [4.69, 9.17) is 10.5 Å². The number of carbonyl (C=O) groups excluding carboxylic acids is 1. The van der Waals surface area contributed by atoms with E-state index in [-0.39, 0.29) is 23.9 Å². The number of nitrogens with two attached hydrogens (primary N) is 1. The Labute approximate surface area is 189 Å². The third-order valence-corrected chi connectivity index (χ3v) is 6.10. The van der Waals surface area contributed by atoms with E-state index in [1.807, 2.05) is 0 Å². The van der Waals surface area contributed by atoms with Crippen molar-refractivity contribution in [2.24, 2.45) is 5.73 Å². The number of methoxy groups -OCH3 is 1. The van der Waals surface area contributed by atoms with Gasteiger partial charge in [0, 0.05) is 37.2 Å². The van der Waals surface area contributed by atoms with Crippen molar-refractivity contribution in [1.82, 2.24) is 15.6 Å². The molecule has 5 N–H and O–H groups in total. The molecule has 32 heavy (non-hydrogen) atoms. The van der Waals surface area contributed by atoms with Crippen LogP contribution in [0.2, 0.25) is 0 Å². The summed E-state index contributed by atoms with van der Waals surface area (Å²) in [7, 11) is 1.70. The minimum absolute atomic E-state index is 0.115. The van der Waals surface area contributed by atoms with Gasteiger partial charge in [-0.15, -0.1) is 0 Å². The second-order valence-corrected chi connectivity index (χ2v) is 8.66. The first-order valence-corrected chi connectivity index (χ1v) is 11.6. The Morgan fingerprint density at radius 2 is 2.03 bits per heavy atom. The number of pyridine rings is 1. The normalized spacial score (nSPS) is 17.7. The van der Waals surface area contributed by atoms with Crippen LogP contribution < -0.4 is 21.7 Å². The molecule has 2 aromatic rings. The van der Waals surface area contributed by atoms with Crippen LogP contribution in [0.5, 0.6) is 0 Å². The first-order valence-electron chi connectivity index (χ1n) is 11.6. The van der Waals surface area contributed by atoms with Crippen molar-refractivity contribution in [3.63, 3.8) is 0 Å². The van der Waals surface area contributed by atoms with E-state index < -0.39 is 6.17 Å². The van der Waals surface area contributed by atoms with E-state index in [1.165, 1.54) is 44.2 Å². The largest absolute Gasteiger partial charge is 0.378 e. The van der Waals surface area contributed by atoms with Crippen molar-refractivity contribution in [2.75, 3.05) is 19.0 Å². The highest BCUT2D eigenvalue weighted by Gasteiger charge is 2.25. The number of ether oxygens (including phenoxy) is 1. The molecule has 0 radical (unpaired) electrons. The summed E-state index contributed by atoms with van der Waals surface area (Å²) < 4.78 is 19.6. The SMILES string of the molecule is CC[C@@H](NC1CCCCC1)[C@H](CNc1nc2cc(F)ccc2cc1C(=O)NC(C)N)OC. The van der Waals surface area contributed by atoms with Gasteiger partial charge in [0.2, 0.25) is 0 Å². The quantitative estimate of drug-likeness (QED) is 0.418. The number of carbonyl (C=O) groups is 1. The number of benzene rings is 1.